The molecule has 0 N–H and O–H groups in total. The van der Waals surface area contributed by atoms with Gasteiger partial charge in [-0.3, -0.25) is 9.59 Å². The van der Waals surface area contributed by atoms with Crippen LogP contribution in [0.4, 0.5) is 0 Å². The summed E-state index contributed by atoms with van der Waals surface area (Å²) in [5.74, 6) is 0.820. The lowest BCUT2D eigenvalue weighted by atomic mass is 9.83. The van der Waals surface area contributed by atoms with Gasteiger partial charge in [0.15, 0.2) is 0 Å². The van der Waals surface area contributed by atoms with Crippen LogP contribution >= 0.6 is 0 Å². The van der Waals surface area contributed by atoms with Crippen LogP contribution in [0.15, 0.2) is 24.3 Å². The molecule has 0 aromatic carbocycles. The molecule has 0 heterocycles. The Kier molecular flexibility index (Phi) is 11.6. The summed E-state index contributed by atoms with van der Waals surface area (Å²) in [7, 11) is 1.72. The van der Waals surface area contributed by atoms with Gasteiger partial charge >= 0.3 is 0 Å². The van der Waals surface area contributed by atoms with Crippen LogP contribution < -0.4 is 0 Å². The van der Waals surface area contributed by atoms with E-state index in [1.54, 1.807) is 7.11 Å². The van der Waals surface area contributed by atoms with Gasteiger partial charge in [-0.1, -0.05) is 71.3 Å². The van der Waals surface area contributed by atoms with Crippen molar-refractivity contribution in [1.29, 1.82) is 0 Å². The fraction of sp³-hybridized carbons (Fsp3) is 0.760. The van der Waals surface area contributed by atoms with Crippen molar-refractivity contribution in [2.24, 2.45) is 17.3 Å². The third kappa shape index (κ3) is 8.86. The molecule has 0 aliphatic heterocycles. The van der Waals surface area contributed by atoms with Crippen LogP contribution in [0.3, 0.4) is 0 Å². The molecular weight excluding hydrogens is 348 g/mol. The second-order valence-electron chi connectivity index (χ2n) is 8.92. The summed E-state index contributed by atoms with van der Waals surface area (Å²) in [6, 6.07) is 0. The molecule has 1 saturated carbocycles. The van der Waals surface area contributed by atoms with Crippen LogP contribution in [0.2, 0.25) is 0 Å². The summed E-state index contributed by atoms with van der Waals surface area (Å²) < 4.78 is 5.64. The largest absolute Gasteiger partial charge is 0.380 e. The number of carbonyl (C=O) groups is 2. The Morgan fingerprint density at radius 3 is 2.57 bits per heavy atom. The molecule has 160 valence electrons. The highest BCUT2D eigenvalue weighted by atomic mass is 16.5. The number of allylic oxidation sites excluding steroid dienone is 3. The van der Waals surface area contributed by atoms with Crippen molar-refractivity contribution in [1.82, 2.24) is 0 Å². The van der Waals surface area contributed by atoms with Crippen molar-refractivity contribution >= 4 is 11.6 Å². The SMILES string of the molecule is CCCCCC(C)(C)/C=C/[C@H]1[C@H](OC)CC(=O)[C@@H]1C/C=C\CCCC(=O)CC. The molecule has 0 aromatic rings. The monoisotopic (exact) mass is 390 g/mol. The molecule has 0 radical (unpaired) electrons. The Bertz CT molecular complexity index is 530. The standard InChI is InChI=1S/C25H42O3/c1-6-8-13-17-25(3,4)18-16-22-21(23(27)19-24(22)28-5)15-12-10-9-11-14-20(26)7-2/h10,12,16,18,21-22,24H,6-9,11,13-15,17,19H2,1-5H3/b12-10-,18-16+/t21-,22-,24-/m1/s1. The summed E-state index contributed by atoms with van der Waals surface area (Å²) in [4.78, 5) is 23.9. The van der Waals surface area contributed by atoms with E-state index in [9.17, 15) is 9.59 Å². The maximum Gasteiger partial charge on any atom is 0.139 e. The minimum Gasteiger partial charge on any atom is -0.380 e. The topological polar surface area (TPSA) is 43.4 Å². The van der Waals surface area contributed by atoms with Gasteiger partial charge in [-0.25, -0.2) is 0 Å². The average Bonchev–Trinajstić information content (AvgIpc) is 2.97. The molecule has 0 aromatic heterocycles. The van der Waals surface area contributed by atoms with Gasteiger partial charge in [-0.15, -0.1) is 0 Å². The Morgan fingerprint density at radius 1 is 1.18 bits per heavy atom. The molecule has 3 heteroatoms. The Morgan fingerprint density at radius 2 is 1.93 bits per heavy atom. The zero-order chi connectivity index (χ0) is 21.0. The van der Waals surface area contributed by atoms with E-state index in [1.807, 2.05) is 6.92 Å². The molecule has 0 bridgehead atoms. The molecule has 1 aliphatic carbocycles. The fourth-order valence-corrected chi connectivity index (χ4v) is 3.99. The summed E-state index contributed by atoms with van der Waals surface area (Å²) in [5, 5.41) is 0. The molecule has 0 spiro atoms. The van der Waals surface area contributed by atoms with E-state index in [0.717, 1.165) is 19.3 Å². The number of methoxy groups -OCH3 is 1. The molecule has 0 unspecified atom stereocenters. The predicted molar refractivity (Wildman–Crippen MR) is 117 cm³/mol. The molecule has 28 heavy (non-hydrogen) atoms. The van der Waals surface area contributed by atoms with E-state index in [-0.39, 0.29) is 23.4 Å². The van der Waals surface area contributed by atoms with Crippen molar-refractivity contribution < 1.29 is 14.3 Å². The van der Waals surface area contributed by atoms with Crippen LogP contribution in [0.1, 0.15) is 91.9 Å². The van der Waals surface area contributed by atoms with Crippen molar-refractivity contribution in [3.63, 3.8) is 0 Å². The van der Waals surface area contributed by atoms with Gasteiger partial charge in [0, 0.05) is 38.2 Å². The lowest BCUT2D eigenvalue weighted by molar-refractivity contribution is -0.121. The average molecular weight is 391 g/mol. The number of carbonyl (C=O) groups excluding carboxylic acids is 2. The highest BCUT2D eigenvalue weighted by molar-refractivity contribution is 5.85. The minimum atomic E-state index is -0.00392. The number of hydrogen-bond donors (Lipinski definition) is 0. The van der Waals surface area contributed by atoms with Crippen LogP contribution in [-0.4, -0.2) is 24.8 Å². The highest BCUT2D eigenvalue weighted by Crippen LogP contribution is 2.36. The van der Waals surface area contributed by atoms with Gasteiger partial charge in [-0.05, 0) is 31.1 Å². The lowest BCUT2D eigenvalue weighted by Gasteiger charge is -2.24. The van der Waals surface area contributed by atoms with Crippen molar-refractivity contribution in [2.45, 2.75) is 98.0 Å². The number of unbranched alkanes of at least 4 members (excludes halogenated alkanes) is 3. The van der Waals surface area contributed by atoms with E-state index >= 15 is 0 Å². The van der Waals surface area contributed by atoms with Gasteiger partial charge in [0.05, 0.1) is 6.10 Å². The van der Waals surface area contributed by atoms with Crippen LogP contribution in [0.25, 0.3) is 0 Å². The first-order valence-corrected chi connectivity index (χ1v) is 11.3. The van der Waals surface area contributed by atoms with Gasteiger partial charge in [0.1, 0.15) is 11.6 Å². The van der Waals surface area contributed by atoms with E-state index in [2.05, 4.69) is 45.1 Å². The van der Waals surface area contributed by atoms with E-state index in [4.69, 9.17) is 4.74 Å². The van der Waals surface area contributed by atoms with E-state index in [0.29, 0.717) is 30.8 Å². The fourth-order valence-electron chi connectivity index (χ4n) is 3.99. The Balaban J connectivity index is 2.63. The molecule has 0 saturated heterocycles. The molecule has 3 atom stereocenters. The number of ether oxygens (including phenoxy) is 1. The first-order valence-electron chi connectivity index (χ1n) is 11.3. The zero-order valence-corrected chi connectivity index (χ0v) is 18.8. The maximum atomic E-state index is 12.5. The number of ketones is 2. The van der Waals surface area contributed by atoms with Gasteiger partial charge < -0.3 is 4.74 Å². The predicted octanol–water partition coefficient (Wildman–Crippen LogP) is 6.47. The van der Waals surface area contributed by atoms with E-state index < -0.39 is 0 Å². The van der Waals surface area contributed by atoms with Gasteiger partial charge in [0.2, 0.25) is 0 Å². The van der Waals surface area contributed by atoms with Crippen LogP contribution in [0.5, 0.6) is 0 Å². The summed E-state index contributed by atoms with van der Waals surface area (Å²) in [5.41, 5.74) is 0.158. The van der Waals surface area contributed by atoms with Crippen molar-refractivity contribution in [3.05, 3.63) is 24.3 Å². The number of hydrogen-bond acceptors (Lipinski definition) is 3. The van der Waals surface area contributed by atoms with E-state index in [1.165, 1.54) is 25.7 Å². The Labute approximate surface area is 173 Å². The van der Waals surface area contributed by atoms with Crippen LogP contribution in [0, 0.1) is 17.3 Å². The first kappa shape index (κ1) is 24.8. The lowest BCUT2D eigenvalue weighted by Crippen LogP contribution is -2.21. The van der Waals surface area contributed by atoms with Crippen molar-refractivity contribution in [3.8, 4) is 0 Å². The first-order chi connectivity index (χ1) is 13.3. The molecule has 1 rings (SSSR count). The highest BCUT2D eigenvalue weighted by Gasteiger charge is 2.40. The summed E-state index contributed by atoms with van der Waals surface area (Å²) in [6.45, 7) is 8.71. The number of Topliss-reactive ketones (excluding diaryl/α,β-unsaturated/α-hetero) is 2. The third-order valence-corrected chi connectivity index (χ3v) is 5.98. The molecule has 0 amide bonds. The van der Waals surface area contributed by atoms with Crippen molar-refractivity contribution in [2.75, 3.05) is 7.11 Å². The Hall–Kier alpha value is -1.22. The molecule has 1 fully saturated rings. The van der Waals surface area contributed by atoms with Gasteiger partial charge in [0.25, 0.3) is 0 Å². The third-order valence-electron chi connectivity index (χ3n) is 5.98. The normalized spacial score (nSPS) is 23.3. The molecule has 3 nitrogen and oxygen atoms in total. The molecule has 1 aliphatic rings. The summed E-state index contributed by atoms with van der Waals surface area (Å²) in [6.07, 6.45) is 18.1. The smallest absolute Gasteiger partial charge is 0.139 e. The maximum absolute atomic E-state index is 12.5. The van der Waals surface area contributed by atoms with Gasteiger partial charge in [-0.2, -0.15) is 0 Å². The zero-order valence-electron chi connectivity index (χ0n) is 18.8. The second kappa shape index (κ2) is 13.1. The van der Waals surface area contributed by atoms with Crippen LogP contribution in [-0.2, 0) is 14.3 Å². The second-order valence-corrected chi connectivity index (χ2v) is 8.92. The molecular formula is C25H42O3. The number of rotatable bonds is 14. The quantitative estimate of drug-likeness (QED) is 0.252. The summed E-state index contributed by atoms with van der Waals surface area (Å²) >= 11 is 0. The minimum absolute atomic E-state index is 0.00392.